The lowest BCUT2D eigenvalue weighted by Gasteiger charge is -2.04. The van der Waals surface area contributed by atoms with Crippen molar-refractivity contribution in [2.75, 3.05) is 13.6 Å². The number of pyridine rings is 2. The second-order valence-electron chi connectivity index (χ2n) is 13.9. The lowest BCUT2D eigenvalue weighted by atomic mass is 10.1. The van der Waals surface area contributed by atoms with Crippen molar-refractivity contribution in [3.63, 3.8) is 0 Å². The van der Waals surface area contributed by atoms with Gasteiger partial charge in [-0.25, -0.2) is 14.4 Å². The van der Waals surface area contributed by atoms with Gasteiger partial charge < -0.3 is 28.9 Å². The molecule has 6 heterocycles. The fraction of sp³-hybridized carbons (Fsp3) is 0.130. The smallest absolute Gasteiger partial charge is 0.231 e. The van der Waals surface area contributed by atoms with Crippen LogP contribution in [0.1, 0.15) is 34.2 Å². The number of aromatic nitrogens is 6. The number of aromatic amines is 2. The first-order valence-corrected chi connectivity index (χ1v) is 19.0. The molecule has 10 rings (SSSR count). The molecular formula is C46H36ClFN6O4. The molecule has 8 aromatic rings. The number of nitrogens with one attached hydrogen (secondary N) is 2. The van der Waals surface area contributed by atoms with Gasteiger partial charge in [0.2, 0.25) is 13.6 Å². The van der Waals surface area contributed by atoms with E-state index in [2.05, 4.69) is 19.9 Å². The van der Waals surface area contributed by atoms with E-state index in [4.69, 9.17) is 40.5 Å². The van der Waals surface area contributed by atoms with Crippen LogP contribution in [0.25, 0.3) is 45.3 Å². The highest BCUT2D eigenvalue weighted by atomic mass is 35.5. The Kier molecular flexibility index (Phi) is 10.0. The van der Waals surface area contributed by atoms with Gasteiger partial charge in [-0.2, -0.15) is 0 Å². The molecule has 2 N–H and O–H groups in total. The molecule has 0 unspecified atom stereocenters. The molecule has 10 nitrogen and oxygen atoms in total. The number of hydrogen-bond donors (Lipinski definition) is 2. The average Bonchev–Trinajstić information content (AvgIpc) is 4.04. The Morgan fingerprint density at radius 3 is 1.52 bits per heavy atom. The normalized spacial score (nSPS) is 12.3. The zero-order valence-electron chi connectivity index (χ0n) is 31.6. The molecule has 0 spiro atoms. The summed E-state index contributed by atoms with van der Waals surface area (Å²) in [4.78, 5) is 25.9. The highest BCUT2D eigenvalue weighted by Gasteiger charge is 2.22. The molecule has 0 saturated heterocycles. The molecule has 0 bridgehead atoms. The van der Waals surface area contributed by atoms with Gasteiger partial charge in [0.25, 0.3) is 0 Å². The summed E-state index contributed by atoms with van der Waals surface area (Å²) < 4.78 is 35.5. The second-order valence-corrected chi connectivity index (χ2v) is 14.3. The van der Waals surface area contributed by atoms with Crippen molar-refractivity contribution in [2.24, 2.45) is 0 Å². The summed E-state index contributed by atoms with van der Waals surface area (Å²) in [5.74, 6) is 4.22. The number of rotatable bonds is 8. The van der Waals surface area contributed by atoms with Crippen LogP contribution in [0.4, 0.5) is 4.39 Å². The predicted octanol–water partition coefficient (Wildman–Crippen LogP) is 10.3. The summed E-state index contributed by atoms with van der Waals surface area (Å²) in [5, 5.41) is 0.714. The zero-order valence-corrected chi connectivity index (χ0v) is 32.3. The molecule has 4 aromatic carbocycles. The number of benzene rings is 4. The first kappa shape index (κ1) is 36.6. The van der Waals surface area contributed by atoms with Crippen molar-refractivity contribution in [3.05, 3.63) is 166 Å². The maximum Gasteiger partial charge on any atom is 0.231 e. The monoisotopic (exact) mass is 790 g/mol. The van der Waals surface area contributed by atoms with E-state index in [1.54, 1.807) is 6.07 Å². The van der Waals surface area contributed by atoms with E-state index < -0.39 is 0 Å². The Morgan fingerprint density at radius 1 is 0.534 bits per heavy atom. The van der Waals surface area contributed by atoms with E-state index in [0.29, 0.717) is 23.6 Å². The van der Waals surface area contributed by atoms with E-state index in [0.717, 1.165) is 96.7 Å². The molecule has 0 atom stereocenters. The van der Waals surface area contributed by atoms with Crippen LogP contribution in [0.3, 0.4) is 0 Å². The number of halogens is 2. The van der Waals surface area contributed by atoms with E-state index in [1.165, 1.54) is 12.1 Å². The Labute approximate surface area is 338 Å². The second kappa shape index (κ2) is 15.9. The largest absolute Gasteiger partial charge is 0.454 e. The number of ether oxygens (including phenoxy) is 4. The third kappa shape index (κ3) is 7.98. The van der Waals surface area contributed by atoms with Crippen LogP contribution >= 0.6 is 11.6 Å². The fourth-order valence-corrected chi connectivity index (χ4v) is 7.15. The lowest BCUT2D eigenvalue weighted by Crippen LogP contribution is -1.92. The van der Waals surface area contributed by atoms with E-state index in [9.17, 15) is 4.39 Å². The summed E-state index contributed by atoms with van der Waals surface area (Å²) in [6, 6.07) is 37.8. The van der Waals surface area contributed by atoms with Gasteiger partial charge in [0, 0.05) is 40.4 Å². The van der Waals surface area contributed by atoms with Crippen molar-refractivity contribution >= 4 is 11.6 Å². The summed E-state index contributed by atoms with van der Waals surface area (Å²) in [6.45, 7) is 4.39. The molecule has 2 aliphatic rings. The Bertz CT molecular complexity index is 2600. The minimum Gasteiger partial charge on any atom is -0.454 e. The van der Waals surface area contributed by atoms with Crippen molar-refractivity contribution in [1.29, 1.82) is 0 Å². The quantitative estimate of drug-likeness (QED) is 0.156. The molecule has 4 aromatic heterocycles. The number of nitrogens with zero attached hydrogens (tertiary/aromatic N) is 4. The van der Waals surface area contributed by atoms with E-state index >= 15 is 0 Å². The van der Waals surface area contributed by atoms with Crippen molar-refractivity contribution < 1.29 is 23.3 Å². The SMILES string of the molecule is Cc1cccc(-c2[nH]c(Cc3cccc(Cl)c3)nc2-c2ccc3c(c2)OCO3)n1.Cc1cccc(-c2[nH]c(Cc3cccc(F)c3)nc2-c2ccc3c(c2)OCO3)n1. The van der Waals surface area contributed by atoms with Gasteiger partial charge in [-0.05, 0) is 110 Å². The summed E-state index contributed by atoms with van der Waals surface area (Å²) in [6.07, 6.45) is 1.13. The molecule has 2 aliphatic heterocycles. The molecule has 0 aliphatic carbocycles. The lowest BCUT2D eigenvalue weighted by molar-refractivity contribution is 0.173. The van der Waals surface area contributed by atoms with Crippen LogP contribution in [0.5, 0.6) is 23.0 Å². The summed E-state index contributed by atoms with van der Waals surface area (Å²) in [7, 11) is 0. The van der Waals surface area contributed by atoms with E-state index in [-0.39, 0.29) is 19.4 Å². The maximum atomic E-state index is 13.6. The standard InChI is InChI=1S/C23H18ClN3O2.C23H18FN3O2/c2*1-14-4-2-7-18(25-14)23-22(16-8-9-19-20(12-16)29-13-28-19)26-21(27-23)11-15-5-3-6-17(24)10-15/h2*2-10,12H,11,13H2,1H3,(H,26,27). The zero-order chi connectivity index (χ0) is 39.6. The molecule has 12 heteroatoms. The number of aryl methyl sites for hydroxylation is 2. The van der Waals surface area contributed by atoms with Gasteiger partial charge in [-0.15, -0.1) is 0 Å². The summed E-state index contributed by atoms with van der Waals surface area (Å²) in [5.41, 5.74) is 10.6. The maximum absolute atomic E-state index is 13.6. The number of imidazole rings is 2. The average molecular weight is 791 g/mol. The van der Waals surface area contributed by atoms with Crippen molar-refractivity contribution in [3.8, 4) is 68.3 Å². The fourth-order valence-electron chi connectivity index (χ4n) is 6.93. The number of hydrogen-bond acceptors (Lipinski definition) is 8. The minimum atomic E-state index is -0.259. The minimum absolute atomic E-state index is 0.219. The van der Waals surface area contributed by atoms with Crippen molar-refractivity contribution in [2.45, 2.75) is 26.7 Å². The predicted molar refractivity (Wildman–Crippen MR) is 220 cm³/mol. The van der Waals surface area contributed by atoms with Gasteiger partial charge in [0.05, 0.1) is 34.2 Å². The molecule has 0 radical (unpaired) electrons. The summed E-state index contributed by atoms with van der Waals surface area (Å²) >= 11 is 6.14. The van der Waals surface area contributed by atoms with Gasteiger partial charge in [0.15, 0.2) is 23.0 Å². The number of fused-ring (bicyclic) bond motifs is 2. The van der Waals surface area contributed by atoms with Gasteiger partial charge in [0.1, 0.15) is 17.5 Å². The molecular weight excluding hydrogens is 755 g/mol. The van der Waals surface area contributed by atoms with Crippen molar-refractivity contribution in [1.82, 2.24) is 29.9 Å². The van der Waals surface area contributed by atoms with Crippen LogP contribution < -0.4 is 18.9 Å². The third-order valence-corrected chi connectivity index (χ3v) is 9.84. The first-order chi connectivity index (χ1) is 28.3. The Balaban J connectivity index is 0.000000150. The van der Waals surface area contributed by atoms with Crippen LogP contribution in [-0.2, 0) is 12.8 Å². The Hall–Kier alpha value is -6.98. The first-order valence-electron chi connectivity index (χ1n) is 18.7. The van der Waals surface area contributed by atoms with E-state index in [1.807, 2.05) is 117 Å². The molecule has 288 valence electrons. The van der Waals surface area contributed by atoms with Gasteiger partial charge in [-0.1, -0.05) is 48.0 Å². The van der Waals surface area contributed by atoms with Crippen LogP contribution in [0.15, 0.2) is 121 Å². The van der Waals surface area contributed by atoms with Gasteiger partial charge >= 0.3 is 0 Å². The third-order valence-electron chi connectivity index (χ3n) is 9.61. The molecule has 0 fully saturated rings. The number of H-pyrrole nitrogens is 2. The highest BCUT2D eigenvalue weighted by molar-refractivity contribution is 6.30. The van der Waals surface area contributed by atoms with Gasteiger partial charge in [-0.3, -0.25) is 9.97 Å². The van der Waals surface area contributed by atoms with Crippen LogP contribution in [0.2, 0.25) is 5.02 Å². The topological polar surface area (TPSA) is 120 Å². The molecule has 0 amide bonds. The van der Waals surface area contributed by atoms with Crippen LogP contribution in [0, 0.1) is 19.7 Å². The highest BCUT2D eigenvalue weighted by Crippen LogP contribution is 2.40. The Morgan fingerprint density at radius 2 is 1.02 bits per heavy atom. The van der Waals surface area contributed by atoms with Crippen LogP contribution in [-0.4, -0.2) is 43.5 Å². The molecule has 58 heavy (non-hydrogen) atoms. The molecule has 0 saturated carbocycles.